The van der Waals surface area contributed by atoms with Crippen molar-refractivity contribution in [1.29, 1.82) is 0 Å². The minimum absolute atomic E-state index is 0.105. The molecule has 1 aliphatic carbocycles. The molecule has 0 aromatic heterocycles. The van der Waals surface area contributed by atoms with Crippen LogP contribution in [0.15, 0.2) is 0 Å². The van der Waals surface area contributed by atoms with Crippen molar-refractivity contribution >= 4 is 12.3 Å². The van der Waals surface area contributed by atoms with Crippen LogP contribution >= 0.6 is 0 Å². The molecule has 1 rings (SSSR count). The smallest absolute Gasteiger partial charge is 0.309 e. The SMILES string of the molecule is COC(=O)C1CCCCC1C=O. The minimum atomic E-state index is -0.230. The van der Waals surface area contributed by atoms with E-state index >= 15 is 0 Å². The van der Waals surface area contributed by atoms with Gasteiger partial charge in [-0.3, -0.25) is 4.79 Å². The number of carbonyl (C=O) groups excluding carboxylic acids is 2. The highest BCUT2D eigenvalue weighted by molar-refractivity contribution is 5.76. The second kappa shape index (κ2) is 4.24. The lowest BCUT2D eigenvalue weighted by Gasteiger charge is -2.24. The third-order valence-electron chi connectivity index (χ3n) is 2.50. The fraction of sp³-hybridized carbons (Fsp3) is 0.778. The summed E-state index contributed by atoms with van der Waals surface area (Å²) in [6, 6.07) is 0. The van der Waals surface area contributed by atoms with Gasteiger partial charge in [-0.05, 0) is 12.8 Å². The Morgan fingerprint density at radius 2 is 2.08 bits per heavy atom. The van der Waals surface area contributed by atoms with Crippen LogP contribution in [0.5, 0.6) is 0 Å². The van der Waals surface area contributed by atoms with Crippen LogP contribution < -0.4 is 0 Å². The van der Waals surface area contributed by atoms with Gasteiger partial charge in [0.1, 0.15) is 6.29 Å². The number of rotatable bonds is 2. The molecule has 0 N–H and O–H groups in total. The van der Waals surface area contributed by atoms with Crippen LogP contribution in [-0.4, -0.2) is 19.4 Å². The van der Waals surface area contributed by atoms with Crippen LogP contribution in [0.25, 0.3) is 0 Å². The van der Waals surface area contributed by atoms with E-state index in [4.69, 9.17) is 0 Å². The molecule has 0 radical (unpaired) electrons. The number of aldehydes is 1. The fourth-order valence-electron chi connectivity index (χ4n) is 1.77. The lowest BCUT2D eigenvalue weighted by atomic mass is 9.80. The summed E-state index contributed by atoms with van der Waals surface area (Å²) >= 11 is 0. The topological polar surface area (TPSA) is 43.4 Å². The van der Waals surface area contributed by atoms with Gasteiger partial charge in [0.15, 0.2) is 0 Å². The predicted molar refractivity (Wildman–Crippen MR) is 43.5 cm³/mol. The van der Waals surface area contributed by atoms with E-state index in [1.807, 2.05) is 0 Å². The number of carbonyl (C=O) groups is 2. The first-order valence-corrected chi connectivity index (χ1v) is 4.32. The highest BCUT2D eigenvalue weighted by atomic mass is 16.5. The van der Waals surface area contributed by atoms with Gasteiger partial charge >= 0.3 is 5.97 Å². The van der Waals surface area contributed by atoms with Crippen molar-refractivity contribution in [1.82, 2.24) is 0 Å². The zero-order valence-electron chi connectivity index (χ0n) is 7.29. The van der Waals surface area contributed by atoms with E-state index in [9.17, 15) is 9.59 Å². The largest absolute Gasteiger partial charge is 0.469 e. The van der Waals surface area contributed by atoms with E-state index < -0.39 is 0 Å². The van der Waals surface area contributed by atoms with Gasteiger partial charge in [-0.25, -0.2) is 0 Å². The quantitative estimate of drug-likeness (QED) is 0.461. The average Bonchev–Trinajstić information content (AvgIpc) is 2.16. The standard InChI is InChI=1S/C9H14O3/c1-12-9(11)8-5-3-2-4-7(8)6-10/h6-8H,2-5H2,1H3. The first-order chi connectivity index (χ1) is 5.79. The molecule has 0 aromatic carbocycles. The van der Waals surface area contributed by atoms with Crippen molar-refractivity contribution in [3.63, 3.8) is 0 Å². The number of esters is 1. The first kappa shape index (κ1) is 9.23. The zero-order valence-corrected chi connectivity index (χ0v) is 7.29. The maximum Gasteiger partial charge on any atom is 0.309 e. The Kier molecular flexibility index (Phi) is 3.26. The molecular weight excluding hydrogens is 156 g/mol. The highest BCUT2D eigenvalue weighted by Crippen LogP contribution is 2.29. The van der Waals surface area contributed by atoms with Crippen molar-refractivity contribution in [3.05, 3.63) is 0 Å². The Hall–Kier alpha value is -0.860. The molecule has 0 spiro atoms. The Morgan fingerprint density at radius 1 is 1.42 bits per heavy atom. The van der Waals surface area contributed by atoms with E-state index in [-0.39, 0.29) is 17.8 Å². The molecule has 2 atom stereocenters. The van der Waals surface area contributed by atoms with Crippen LogP contribution in [0.1, 0.15) is 25.7 Å². The Balaban J connectivity index is 2.58. The van der Waals surface area contributed by atoms with Gasteiger partial charge in [-0.2, -0.15) is 0 Å². The summed E-state index contributed by atoms with van der Waals surface area (Å²) in [5.41, 5.74) is 0. The monoisotopic (exact) mass is 170 g/mol. The highest BCUT2D eigenvalue weighted by Gasteiger charge is 2.31. The fourth-order valence-corrected chi connectivity index (χ4v) is 1.77. The molecule has 0 aromatic rings. The third kappa shape index (κ3) is 1.84. The van der Waals surface area contributed by atoms with Gasteiger partial charge < -0.3 is 9.53 Å². The average molecular weight is 170 g/mol. The summed E-state index contributed by atoms with van der Waals surface area (Å²) in [6.45, 7) is 0. The molecule has 0 aliphatic heterocycles. The van der Waals surface area contributed by atoms with Crippen LogP contribution in [0, 0.1) is 11.8 Å². The van der Waals surface area contributed by atoms with Gasteiger partial charge in [-0.15, -0.1) is 0 Å². The number of hydrogen-bond acceptors (Lipinski definition) is 3. The third-order valence-corrected chi connectivity index (χ3v) is 2.50. The molecule has 0 amide bonds. The van der Waals surface area contributed by atoms with E-state index in [1.165, 1.54) is 7.11 Å². The summed E-state index contributed by atoms with van der Waals surface area (Å²) < 4.78 is 4.62. The Morgan fingerprint density at radius 3 is 2.67 bits per heavy atom. The van der Waals surface area contributed by atoms with Crippen LogP contribution in [0.4, 0.5) is 0 Å². The van der Waals surface area contributed by atoms with Crippen molar-refractivity contribution in [2.24, 2.45) is 11.8 Å². The first-order valence-electron chi connectivity index (χ1n) is 4.32. The maximum atomic E-state index is 11.2. The molecular formula is C9H14O3. The molecule has 1 aliphatic rings. The summed E-state index contributed by atoms with van der Waals surface area (Å²) in [5.74, 6) is -0.515. The van der Waals surface area contributed by atoms with E-state index in [1.54, 1.807) is 0 Å². The zero-order chi connectivity index (χ0) is 8.97. The molecule has 3 nitrogen and oxygen atoms in total. The van der Waals surface area contributed by atoms with Gasteiger partial charge in [0.25, 0.3) is 0 Å². The van der Waals surface area contributed by atoms with Crippen LogP contribution in [0.3, 0.4) is 0 Å². The van der Waals surface area contributed by atoms with E-state index in [0.717, 1.165) is 32.0 Å². The lowest BCUT2D eigenvalue weighted by Crippen LogP contribution is -2.28. The Bertz CT molecular complexity index is 177. The summed E-state index contributed by atoms with van der Waals surface area (Å²) in [4.78, 5) is 21.7. The van der Waals surface area contributed by atoms with Gasteiger partial charge in [0, 0.05) is 5.92 Å². The van der Waals surface area contributed by atoms with Crippen LogP contribution in [-0.2, 0) is 14.3 Å². The second-order valence-corrected chi connectivity index (χ2v) is 3.21. The van der Waals surface area contributed by atoms with E-state index in [0.29, 0.717) is 0 Å². The maximum absolute atomic E-state index is 11.2. The second-order valence-electron chi connectivity index (χ2n) is 3.21. The van der Waals surface area contributed by atoms with Gasteiger partial charge in [0.2, 0.25) is 0 Å². The molecule has 1 saturated carbocycles. The Labute approximate surface area is 72.1 Å². The summed E-state index contributed by atoms with van der Waals surface area (Å²) in [7, 11) is 1.37. The lowest BCUT2D eigenvalue weighted by molar-refractivity contribution is -0.149. The van der Waals surface area contributed by atoms with Crippen molar-refractivity contribution in [2.75, 3.05) is 7.11 Å². The van der Waals surface area contributed by atoms with Gasteiger partial charge in [0.05, 0.1) is 13.0 Å². The predicted octanol–water partition coefficient (Wildman–Crippen LogP) is 1.16. The number of hydrogen-bond donors (Lipinski definition) is 0. The summed E-state index contributed by atoms with van der Waals surface area (Å²) in [6.07, 6.45) is 4.61. The molecule has 3 heteroatoms. The molecule has 0 heterocycles. The molecule has 1 fully saturated rings. The molecule has 68 valence electrons. The summed E-state index contributed by atoms with van der Waals surface area (Å²) in [5, 5.41) is 0. The number of methoxy groups -OCH3 is 1. The van der Waals surface area contributed by atoms with E-state index in [2.05, 4.69) is 4.74 Å². The van der Waals surface area contributed by atoms with Gasteiger partial charge in [-0.1, -0.05) is 12.8 Å². The van der Waals surface area contributed by atoms with Crippen molar-refractivity contribution in [2.45, 2.75) is 25.7 Å². The number of ether oxygens (including phenoxy) is 1. The van der Waals surface area contributed by atoms with Crippen molar-refractivity contribution < 1.29 is 14.3 Å². The molecule has 2 unspecified atom stereocenters. The molecule has 12 heavy (non-hydrogen) atoms. The molecule has 0 saturated heterocycles. The normalized spacial score (nSPS) is 29.4. The van der Waals surface area contributed by atoms with Crippen LogP contribution in [0.2, 0.25) is 0 Å². The molecule has 0 bridgehead atoms. The van der Waals surface area contributed by atoms with Crippen molar-refractivity contribution in [3.8, 4) is 0 Å². The minimum Gasteiger partial charge on any atom is -0.469 e.